The van der Waals surface area contributed by atoms with Crippen molar-refractivity contribution in [2.24, 2.45) is 5.92 Å². The molecule has 2 N–H and O–H groups in total. The molecule has 0 saturated carbocycles. The predicted octanol–water partition coefficient (Wildman–Crippen LogP) is 1.02. The van der Waals surface area contributed by atoms with E-state index in [4.69, 9.17) is 0 Å². The van der Waals surface area contributed by atoms with Crippen LogP contribution >= 0.6 is 0 Å². The summed E-state index contributed by atoms with van der Waals surface area (Å²) in [6, 6.07) is 5.65. The minimum absolute atomic E-state index is 0.0776. The monoisotopic (exact) mass is 346 g/mol. The second kappa shape index (κ2) is 7.69. The number of nitrogens with zero attached hydrogens (tertiary/aromatic N) is 4. The van der Waals surface area contributed by atoms with Gasteiger partial charge in [0.15, 0.2) is 0 Å². The van der Waals surface area contributed by atoms with Crippen LogP contribution in [-0.4, -0.2) is 45.2 Å². The van der Waals surface area contributed by atoms with Gasteiger partial charge in [0.05, 0.1) is 0 Å². The van der Waals surface area contributed by atoms with Crippen molar-refractivity contribution < 1.29 is 9.18 Å². The lowest BCUT2D eigenvalue weighted by molar-refractivity contribution is -0.125. The Morgan fingerprint density at radius 2 is 2.20 bits per heavy atom. The van der Waals surface area contributed by atoms with E-state index in [-0.39, 0.29) is 17.8 Å². The molecule has 2 heterocycles. The second-order valence-electron chi connectivity index (χ2n) is 6.60. The normalized spacial score (nSPS) is 21.7. The van der Waals surface area contributed by atoms with Gasteiger partial charge in [-0.3, -0.25) is 4.79 Å². The summed E-state index contributed by atoms with van der Waals surface area (Å²) in [5, 5.41) is 17.9. The Labute approximate surface area is 146 Å². The Kier molecular flexibility index (Phi) is 5.37. The lowest BCUT2D eigenvalue weighted by atomic mass is 9.94. The van der Waals surface area contributed by atoms with Crippen LogP contribution in [0.2, 0.25) is 0 Å². The van der Waals surface area contributed by atoms with E-state index in [2.05, 4.69) is 33.1 Å². The summed E-state index contributed by atoms with van der Waals surface area (Å²) in [5.74, 6) is 0.550. The van der Waals surface area contributed by atoms with Crippen LogP contribution in [0.5, 0.6) is 0 Å². The first-order valence-corrected chi connectivity index (χ1v) is 8.54. The van der Waals surface area contributed by atoms with Gasteiger partial charge in [-0.2, -0.15) is 0 Å². The van der Waals surface area contributed by atoms with Gasteiger partial charge in [-0.1, -0.05) is 19.1 Å². The first kappa shape index (κ1) is 17.5. The van der Waals surface area contributed by atoms with Crippen LogP contribution in [-0.2, 0) is 11.2 Å². The number of hydrogen-bond donors (Lipinski definition) is 2. The highest BCUT2D eigenvalue weighted by atomic mass is 19.1. The van der Waals surface area contributed by atoms with Crippen LogP contribution in [0.4, 0.5) is 4.39 Å². The average molecular weight is 346 g/mol. The Hall–Kier alpha value is -2.35. The van der Waals surface area contributed by atoms with Crippen molar-refractivity contribution in [2.45, 2.75) is 38.8 Å². The Balaban J connectivity index is 1.79. The van der Waals surface area contributed by atoms with Crippen molar-refractivity contribution in [1.82, 2.24) is 30.8 Å². The van der Waals surface area contributed by atoms with Gasteiger partial charge in [0.2, 0.25) is 5.91 Å². The van der Waals surface area contributed by atoms with Gasteiger partial charge < -0.3 is 10.6 Å². The molecule has 0 aliphatic carbocycles. The van der Waals surface area contributed by atoms with Gasteiger partial charge in [0.25, 0.3) is 0 Å². The summed E-state index contributed by atoms with van der Waals surface area (Å²) >= 11 is 0. The fraction of sp³-hybridized carbons (Fsp3) is 0.529. The highest BCUT2D eigenvalue weighted by Crippen LogP contribution is 2.18. The van der Waals surface area contributed by atoms with Crippen molar-refractivity contribution in [1.29, 1.82) is 0 Å². The van der Waals surface area contributed by atoms with Gasteiger partial charge >= 0.3 is 0 Å². The molecule has 1 amide bonds. The maximum absolute atomic E-state index is 13.1. The summed E-state index contributed by atoms with van der Waals surface area (Å²) in [4.78, 5) is 12.9. The van der Waals surface area contributed by atoms with Gasteiger partial charge in [-0.15, -0.1) is 5.10 Å². The number of aromatic nitrogens is 4. The van der Waals surface area contributed by atoms with E-state index in [9.17, 15) is 9.18 Å². The first-order chi connectivity index (χ1) is 12.0. The smallest absolute Gasteiger partial charge is 0.245 e. The molecule has 3 atom stereocenters. The van der Waals surface area contributed by atoms with E-state index in [1.807, 2.05) is 0 Å². The zero-order valence-corrected chi connectivity index (χ0v) is 14.4. The van der Waals surface area contributed by atoms with Gasteiger partial charge in [-0.05, 0) is 53.9 Å². The molecule has 1 fully saturated rings. The molecule has 1 aromatic heterocycles. The Bertz CT molecular complexity index is 716. The van der Waals surface area contributed by atoms with Crippen molar-refractivity contribution in [3.63, 3.8) is 0 Å². The number of amides is 1. The van der Waals surface area contributed by atoms with E-state index in [1.165, 1.54) is 16.8 Å². The number of carbonyl (C=O) groups excluding carboxylic acids is 1. The molecule has 134 valence electrons. The molecule has 25 heavy (non-hydrogen) atoms. The molecule has 8 heteroatoms. The van der Waals surface area contributed by atoms with E-state index in [0.717, 1.165) is 25.1 Å². The maximum atomic E-state index is 13.1. The Morgan fingerprint density at radius 1 is 1.44 bits per heavy atom. The highest BCUT2D eigenvalue weighted by molar-refractivity contribution is 5.81. The number of halogens is 1. The van der Waals surface area contributed by atoms with E-state index < -0.39 is 6.04 Å². The van der Waals surface area contributed by atoms with Crippen LogP contribution in [0.15, 0.2) is 24.3 Å². The fourth-order valence-electron chi connectivity index (χ4n) is 3.12. The van der Waals surface area contributed by atoms with Crippen LogP contribution < -0.4 is 10.6 Å². The number of rotatable bonds is 5. The summed E-state index contributed by atoms with van der Waals surface area (Å²) in [5.41, 5.74) is 0.853. The largest absolute Gasteiger partial charge is 0.350 e. The number of tetrazole rings is 1. The SMILES string of the molecule is Cc1nnnn1C(Cc1ccc(F)cc1)C(=O)NC1CNCCC1C. The third-order valence-corrected chi connectivity index (χ3v) is 4.75. The summed E-state index contributed by atoms with van der Waals surface area (Å²) < 4.78 is 14.7. The molecular formula is C17H23FN6O. The van der Waals surface area contributed by atoms with Crippen LogP contribution in [0.3, 0.4) is 0 Å². The molecule has 1 aliphatic heterocycles. The number of nitrogens with one attached hydrogen (secondary N) is 2. The van der Waals surface area contributed by atoms with E-state index >= 15 is 0 Å². The fourth-order valence-corrected chi connectivity index (χ4v) is 3.12. The molecule has 7 nitrogen and oxygen atoms in total. The third-order valence-electron chi connectivity index (χ3n) is 4.75. The molecule has 1 saturated heterocycles. The van der Waals surface area contributed by atoms with E-state index in [0.29, 0.717) is 18.2 Å². The molecule has 3 rings (SSSR count). The molecular weight excluding hydrogens is 323 g/mol. The Morgan fingerprint density at radius 3 is 2.84 bits per heavy atom. The van der Waals surface area contributed by atoms with Gasteiger partial charge in [0, 0.05) is 19.0 Å². The number of piperidine rings is 1. The maximum Gasteiger partial charge on any atom is 0.245 e. The number of aryl methyl sites for hydroxylation is 1. The van der Waals surface area contributed by atoms with Crippen LogP contribution in [0.25, 0.3) is 0 Å². The minimum Gasteiger partial charge on any atom is -0.350 e. The number of hydrogen-bond acceptors (Lipinski definition) is 5. The zero-order chi connectivity index (χ0) is 17.8. The van der Waals surface area contributed by atoms with Crippen molar-refractivity contribution in [2.75, 3.05) is 13.1 Å². The quantitative estimate of drug-likeness (QED) is 0.844. The standard InChI is InChI=1S/C17H23FN6O/c1-11-7-8-19-10-15(11)20-17(25)16(24-12(2)21-22-23-24)9-13-3-5-14(18)6-4-13/h3-6,11,15-16,19H,7-10H2,1-2H3,(H,20,25). The topological polar surface area (TPSA) is 84.7 Å². The highest BCUT2D eigenvalue weighted by Gasteiger charge is 2.29. The average Bonchev–Trinajstić information content (AvgIpc) is 3.02. The molecule has 3 unspecified atom stereocenters. The first-order valence-electron chi connectivity index (χ1n) is 8.54. The predicted molar refractivity (Wildman–Crippen MR) is 90.3 cm³/mol. The third kappa shape index (κ3) is 4.19. The molecule has 1 aliphatic rings. The minimum atomic E-state index is -0.574. The lowest BCUT2D eigenvalue weighted by Crippen LogP contribution is -2.52. The number of carbonyl (C=O) groups is 1. The van der Waals surface area contributed by atoms with Crippen molar-refractivity contribution >= 4 is 5.91 Å². The summed E-state index contributed by atoms with van der Waals surface area (Å²) in [6.45, 7) is 5.63. The van der Waals surface area contributed by atoms with Crippen molar-refractivity contribution in [3.05, 3.63) is 41.5 Å². The molecule has 0 bridgehead atoms. The van der Waals surface area contributed by atoms with Crippen LogP contribution in [0.1, 0.15) is 30.8 Å². The van der Waals surface area contributed by atoms with Crippen LogP contribution in [0, 0.1) is 18.7 Å². The van der Waals surface area contributed by atoms with Gasteiger partial charge in [0.1, 0.15) is 17.7 Å². The lowest BCUT2D eigenvalue weighted by Gasteiger charge is -2.31. The molecule has 0 radical (unpaired) electrons. The molecule has 2 aromatic rings. The van der Waals surface area contributed by atoms with Crippen molar-refractivity contribution in [3.8, 4) is 0 Å². The van der Waals surface area contributed by atoms with Gasteiger partial charge in [-0.25, -0.2) is 9.07 Å². The number of benzene rings is 1. The second-order valence-corrected chi connectivity index (χ2v) is 6.60. The molecule has 0 spiro atoms. The zero-order valence-electron chi connectivity index (χ0n) is 14.4. The summed E-state index contributed by atoms with van der Waals surface area (Å²) in [6.07, 6.45) is 1.42. The van der Waals surface area contributed by atoms with E-state index in [1.54, 1.807) is 19.1 Å². The molecule has 1 aromatic carbocycles. The summed E-state index contributed by atoms with van der Waals surface area (Å²) in [7, 11) is 0.